The zero-order chi connectivity index (χ0) is 18.3. The van der Waals surface area contributed by atoms with Crippen LogP contribution >= 0.6 is 11.6 Å². The van der Waals surface area contributed by atoms with Crippen LogP contribution in [0.1, 0.15) is 18.5 Å². The van der Waals surface area contributed by atoms with Crippen molar-refractivity contribution in [2.45, 2.75) is 13.0 Å². The summed E-state index contributed by atoms with van der Waals surface area (Å²) in [5, 5.41) is 18.3. The zero-order valence-corrected chi connectivity index (χ0v) is 14.7. The molecule has 1 unspecified atom stereocenters. The van der Waals surface area contributed by atoms with Gasteiger partial charge in [0.1, 0.15) is 10.9 Å². The second-order valence-electron chi connectivity index (χ2n) is 6.20. The van der Waals surface area contributed by atoms with Crippen molar-refractivity contribution in [1.82, 2.24) is 14.8 Å². The minimum atomic E-state index is -0.193. The molecule has 0 amide bonds. The summed E-state index contributed by atoms with van der Waals surface area (Å²) in [7, 11) is 0. The Morgan fingerprint density at radius 2 is 2.04 bits per heavy atom. The van der Waals surface area contributed by atoms with Gasteiger partial charge in [-0.15, -0.1) is 0 Å². The van der Waals surface area contributed by atoms with Crippen molar-refractivity contribution in [3.8, 4) is 16.9 Å². The van der Waals surface area contributed by atoms with Gasteiger partial charge in [-0.1, -0.05) is 29.8 Å². The van der Waals surface area contributed by atoms with Gasteiger partial charge in [-0.2, -0.15) is 5.10 Å². The Balaban J connectivity index is 1.80. The maximum absolute atomic E-state index is 12.9. The van der Waals surface area contributed by atoms with Crippen LogP contribution in [0.5, 0.6) is 5.75 Å². The third-order valence-corrected chi connectivity index (χ3v) is 4.89. The van der Waals surface area contributed by atoms with Gasteiger partial charge in [0, 0.05) is 17.1 Å². The highest BCUT2D eigenvalue weighted by atomic mass is 35.5. The van der Waals surface area contributed by atoms with Crippen LogP contribution in [0.3, 0.4) is 0 Å². The van der Waals surface area contributed by atoms with E-state index in [-0.39, 0.29) is 17.4 Å². The number of benzene rings is 2. The Labute approximate surface area is 154 Å². The quantitative estimate of drug-likeness (QED) is 0.566. The zero-order valence-electron chi connectivity index (χ0n) is 14.0. The summed E-state index contributed by atoms with van der Waals surface area (Å²) in [6.07, 6.45) is 3.44. The number of hydrogen-bond donors (Lipinski definition) is 2. The third kappa shape index (κ3) is 2.76. The predicted octanol–water partition coefficient (Wildman–Crippen LogP) is 4.36. The minimum Gasteiger partial charge on any atom is -0.508 e. The second kappa shape index (κ2) is 6.35. The monoisotopic (exact) mass is 365 g/mol. The highest BCUT2D eigenvalue weighted by Gasteiger charge is 2.13. The van der Waals surface area contributed by atoms with Gasteiger partial charge >= 0.3 is 0 Å². The summed E-state index contributed by atoms with van der Waals surface area (Å²) in [6.45, 7) is 1.93. The van der Waals surface area contributed by atoms with Crippen LogP contribution in [-0.4, -0.2) is 19.9 Å². The molecular formula is C20H16ClN3O2. The molecule has 4 rings (SSSR count). The summed E-state index contributed by atoms with van der Waals surface area (Å²) in [5.74, 6) is 0.185. The third-order valence-electron chi connectivity index (χ3n) is 4.60. The van der Waals surface area contributed by atoms with Crippen LogP contribution in [0.25, 0.3) is 21.9 Å². The van der Waals surface area contributed by atoms with Crippen LogP contribution in [0.2, 0.25) is 5.15 Å². The van der Waals surface area contributed by atoms with Crippen molar-refractivity contribution in [2.24, 2.45) is 0 Å². The number of aromatic amines is 1. The smallest absolute Gasteiger partial charge is 0.258 e. The molecule has 4 aromatic rings. The SMILES string of the molecule is CC(c1cccc(O)c1)n1ccc2cc(-c3cn[nH]c3Cl)ccc2c1=O. The molecule has 0 spiro atoms. The number of nitrogens with zero attached hydrogens (tertiary/aromatic N) is 2. The van der Waals surface area contributed by atoms with E-state index >= 15 is 0 Å². The number of phenols is 1. The minimum absolute atomic E-state index is 0.0804. The number of halogens is 1. The van der Waals surface area contributed by atoms with Crippen molar-refractivity contribution in [3.63, 3.8) is 0 Å². The number of aromatic nitrogens is 3. The summed E-state index contributed by atoms with van der Waals surface area (Å²) < 4.78 is 1.67. The molecule has 0 aliphatic heterocycles. The van der Waals surface area contributed by atoms with Crippen LogP contribution in [-0.2, 0) is 0 Å². The average Bonchev–Trinajstić information content (AvgIpc) is 3.07. The van der Waals surface area contributed by atoms with Gasteiger partial charge in [0.25, 0.3) is 5.56 Å². The lowest BCUT2D eigenvalue weighted by Crippen LogP contribution is -2.23. The first kappa shape index (κ1) is 16.4. The number of phenolic OH excluding ortho intramolecular Hbond substituents is 1. The molecule has 26 heavy (non-hydrogen) atoms. The van der Waals surface area contributed by atoms with Gasteiger partial charge in [0.05, 0.1) is 12.2 Å². The molecule has 0 aliphatic carbocycles. The molecular weight excluding hydrogens is 350 g/mol. The van der Waals surface area contributed by atoms with Gasteiger partial charge in [-0.05, 0) is 53.8 Å². The highest BCUT2D eigenvalue weighted by Crippen LogP contribution is 2.28. The average molecular weight is 366 g/mol. The van der Waals surface area contributed by atoms with E-state index in [1.54, 1.807) is 35.2 Å². The van der Waals surface area contributed by atoms with Crippen molar-refractivity contribution in [1.29, 1.82) is 0 Å². The lowest BCUT2D eigenvalue weighted by Gasteiger charge is -2.16. The Hall–Kier alpha value is -3.05. The molecule has 0 bridgehead atoms. The lowest BCUT2D eigenvalue weighted by atomic mass is 10.0. The van der Waals surface area contributed by atoms with Crippen molar-refractivity contribution in [2.75, 3.05) is 0 Å². The summed E-state index contributed by atoms with van der Waals surface area (Å²) in [6, 6.07) is 14.3. The van der Waals surface area contributed by atoms with Crippen molar-refractivity contribution >= 4 is 22.4 Å². The van der Waals surface area contributed by atoms with Gasteiger partial charge in [-0.25, -0.2) is 0 Å². The summed E-state index contributed by atoms with van der Waals surface area (Å²) in [5.41, 5.74) is 2.48. The number of rotatable bonds is 3. The van der Waals surface area contributed by atoms with Crippen molar-refractivity contribution < 1.29 is 5.11 Å². The molecule has 2 aromatic heterocycles. The molecule has 130 valence electrons. The molecule has 2 heterocycles. The molecule has 0 radical (unpaired) electrons. The Morgan fingerprint density at radius 1 is 1.19 bits per heavy atom. The highest BCUT2D eigenvalue weighted by molar-refractivity contribution is 6.32. The molecule has 5 nitrogen and oxygen atoms in total. The first-order valence-electron chi connectivity index (χ1n) is 8.17. The second-order valence-corrected chi connectivity index (χ2v) is 6.58. The first-order valence-corrected chi connectivity index (χ1v) is 8.55. The molecule has 0 fully saturated rings. The number of hydrogen-bond acceptors (Lipinski definition) is 3. The number of nitrogens with one attached hydrogen (secondary N) is 1. The fraction of sp³-hybridized carbons (Fsp3) is 0.100. The predicted molar refractivity (Wildman–Crippen MR) is 103 cm³/mol. The molecule has 2 N–H and O–H groups in total. The lowest BCUT2D eigenvalue weighted by molar-refractivity contribution is 0.473. The van der Waals surface area contributed by atoms with Gasteiger partial charge in [-0.3, -0.25) is 9.89 Å². The Kier molecular flexibility index (Phi) is 4.01. The maximum atomic E-state index is 12.9. The fourth-order valence-electron chi connectivity index (χ4n) is 3.15. The van der Waals surface area contributed by atoms with E-state index in [1.807, 2.05) is 37.3 Å². The topological polar surface area (TPSA) is 70.9 Å². The van der Waals surface area contributed by atoms with Gasteiger partial charge in [0.15, 0.2) is 0 Å². The maximum Gasteiger partial charge on any atom is 0.258 e. The Bertz CT molecular complexity index is 1160. The molecule has 6 heteroatoms. The number of aromatic hydroxyl groups is 1. The van der Waals surface area contributed by atoms with E-state index < -0.39 is 0 Å². The van der Waals surface area contributed by atoms with E-state index in [9.17, 15) is 9.90 Å². The van der Waals surface area contributed by atoms with Gasteiger partial charge < -0.3 is 9.67 Å². The number of fused-ring (bicyclic) bond motifs is 1. The van der Waals surface area contributed by atoms with Crippen LogP contribution < -0.4 is 5.56 Å². The van der Waals surface area contributed by atoms with Gasteiger partial charge in [0.2, 0.25) is 0 Å². The van der Waals surface area contributed by atoms with Crippen LogP contribution in [0.15, 0.2) is 65.7 Å². The molecule has 0 saturated carbocycles. The molecule has 2 aromatic carbocycles. The number of H-pyrrole nitrogens is 1. The molecule has 1 atom stereocenters. The normalized spacial score (nSPS) is 12.4. The van der Waals surface area contributed by atoms with E-state index in [4.69, 9.17) is 11.6 Å². The van der Waals surface area contributed by atoms with Crippen LogP contribution in [0, 0.1) is 0 Å². The van der Waals surface area contributed by atoms with E-state index in [0.29, 0.717) is 10.5 Å². The largest absolute Gasteiger partial charge is 0.508 e. The molecule has 0 aliphatic rings. The summed E-state index contributed by atoms with van der Waals surface area (Å²) >= 11 is 6.10. The van der Waals surface area contributed by atoms with E-state index in [0.717, 1.165) is 22.1 Å². The molecule has 0 saturated heterocycles. The first-order chi connectivity index (χ1) is 12.5. The summed E-state index contributed by atoms with van der Waals surface area (Å²) in [4.78, 5) is 12.9. The van der Waals surface area contributed by atoms with E-state index in [1.165, 1.54) is 0 Å². The number of pyridine rings is 1. The fourth-order valence-corrected chi connectivity index (χ4v) is 3.36. The van der Waals surface area contributed by atoms with Crippen molar-refractivity contribution in [3.05, 3.63) is 82.0 Å². The van der Waals surface area contributed by atoms with E-state index in [2.05, 4.69) is 10.2 Å². The Morgan fingerprint density at radius 3 is 2.77 bits per heavy atom. The van der Waals surface area contributed by atoms with Crippen LogP contribution in [0.4, 0.5) is 0 Å². The standard InChI is InChI=1S/C20H16ClN3O2/c1-12(13-3-2-4-16(25)10-13)24-8-7-15-9-14(5-6-17(15)20(24)26)18-11-22-23-19(18)21/h2-12,25H,1H3,(H,22,23).